The van der Waals surface area contributed by atoms with Crippen LogP contribution in [-0.4, -0.2) is 64.4 Å². The van der Waals surface area contributed by atoms with E-state index >= 15 is 0 Å². The van der Waals surface area contributed by atoms with Gasteiger partial charge < -0.3 is 19.5 Å². The van der Waals surface area contributed by atoms with Gasteiger partial charge in [-0.2, -0.15) is 13.2 Å². The lowest BCUT2D eigenvalue weighted by Gasteiger charge is -2.31. The molecule has 2 aliphatic heterocycles. The molecule has 2 saturated heterocycles. The first-order valence-corrected chi connectivity index (χ1v) is 10.4. The summed E-state index contributed by atoms with van der Waals surface area (Å²) in [7, 11) is 0. The molecule has 4 heterocycles. The average molecular weight is 458 g/mol. The van der Waals surface area contributed by atoms with Gasteiger partial charge in [-0.1, -0.05) is 6.07 Å². The number of pyridine rings is 1. The molecule has 1 amide bonds. The normalized spacial score (nSPS) is 22.8. The molecule has 0 aliphatic carbocycles. The van der Waals surface area contributed by atoms with Crippen molar-refractivity contribution >= 4 is 23.2 Å². The van der Waals surface area contributed by atoms with Gasteiger partial charge in [0.2, 0.25) is 5.88 Å². The number of alkyl halides is 3. The number of ether oxygens (including phenoxy) is 2. The van der Waals surface area contributed by atoms with Crippen LogP contribution in [0.4, 0.5) is 13.2 Å². The van der Waals surface area contributed by atoms with Crippen molar-refractivity contribution in [3.63, 3.8) is 0 Å². The van der Waals surface area contributed by atoms with Crippen molar-refractivity contribution in [2.45, 2.75) is 44.2 Å². The van der Waals surface area contributed by atoms with Crippen LogP contribution in [0.5, 0.6) is 5.88 Å². The first-order chi connectivity index (χ1) is 14.7. The lowest BCUT2D eigenvalue weighted by molar-refractivity contribution is -0.192. The van der Waals surface area contributed by atoms with E-state index < -0.39 is 12.1 Å². The monoisotopic (exact) mass is 458 g/mol. The molecule has 0 unspecified atom stereocenters. The zero-order valence-electron chi connectivity index (χ0n) is 16.5. The van der Waals surface area contributed by atoms with Crippen LogP contribution in [0.3, 0.4) is 0 Å². The number of fused-ring (bicyclic) bond motifs is 1. The Kier molecular flexibility index (Phi) is 7.16. The summed E-state index contributed by atoms with van der Waals surface area (Å²) in [6.45, 7) is 3.29. The molecule has 0 radical (unpaired) electrons. The van der Waals surface area contributed by atoms with Gasteiger partial charge in [-0.25, -0.2) is 9.78 Å². The number of carboxylic acid groups (broad SMARTS) is 1. The molecule has 3 atom stereocenters. The van der Waals surface area contributed by atoms with Crippen molar-refractivity contribution in [2.24, 2.45) is 0 Å². The van der Waals surface area contributed by atoms with E-state index in [1.807, 2.05) is 42.2 Å². The third-order valence-electron chi connectivity index (χ3n) is 4.84. The predicted molar refractivity (Wildman–Crippen MR) is 105 cm³/mol. The van der Waals surface area contributed by atoms with E-state index in [1.54, 1.807) is 17.5 Å². The molecule has 1 N–H and O–H groups in total. The molecule has 0 bridgehead atoms. The maximum Gasteiger partial charge on any atom is 0.490 e. The minimum Gasteiger partial charge on any atom is -0.475 e. The molecular formula is C20H21F3N2O5S. The molecule has 0 saturated carbocycles. The molecular weight excluding hydrogens is 437 g/mol. The molecule has 0 aromatic carbocycles. The van der Waals surface area contributed by atoms with Crippen LogP contribution < -0.4 is 4.74 Å². The number of amides is 1. The van der Waals surface area contributed by atoms with Crippen LogP contribution in [0.1, 0.15) is 27.4 Å². The fraction of sp³-hybridized carbons (Fsp3) is 0.450. The number of carbonyl (C=O) groups is 2. The largest absolute Gasteiger partial charge is 0.490 e. The van der Waals surface area contributed by atoms with Gasteiger partial charge >= 0.3 is 12.1 Å². The van der Waals surface area contributed by atoms with E-state index in [4.69, 9.17) is 19.4 Å². The number of hydrogen-bond donors (Lipinski definition) is 1. The summed E-state index contributed by atoms with van der Waals surface area (Å²) in [6, 6.07) is 9.58. The highest BCUT2D eigenvalue weighted by molar-refractivity contribution is 7.13. The van der Waals surface area contributed by atoms with E-state index in [-0.39, 0.29) is 24.2 Å². The Balaban J connectivity index is 0.000000339. The number of aliphatic carboxylic acids is 1. The summed E-state index contributed by atoms with van der Waals surface area (Å²) < 4.78 is 43.7. The minimum absolute atomic E-state index is 0.0780. The summed E-state index contributed by atoms with van der Waals surface area (Å²) in [6.07, 6.45) is -1.69. The van der Waals surface area contributed by atoms with E-state index in [0.717, 1.165) is 29.2 Å². The fourth-order valence-electron chi connectivity index (χ4n) is 3.51. The first kappa shape index (κ1) is 23.0. The maximum atomic E-state index is 12.9. The van der Waals surface area contributed by atoms with Crippen molar-refractivity contribution in [3.8, 4) is 5.88 Å². The van der Waals surface area contributed by atoms with Gasteiger partial charge in [-0.05, 0) is 38.0 Å². The number of thiophene rings is 1. The molecule has 0 spiro atoms. The van der Waals surface area contributed by atoms with E-state index in [0.29, 0.717) is 12.4 Å². The van der Waals surface area contributed by atoms with Gasteiger partial charge in [0.15, 0.2) is 0 Å². The van der Waals surface area contributed by atoms with Crippen molar-refractivity contribution in [3.05, 3.63) is 46.3 Å². The number of nitrogens with zero attached hydrogens (tertiary/aromatic N) is 2. The van der Waals surface area contributed by atoms with Crippen LogP contribution >= 0.6 is 11.3 Å². The number of carbonyl (C=O) groups excluding carboxylic acids is 1. The second kappa shape index (κ2) is 9.65. The summed E-state index contributed by atoms with van der Waals surface area (Å²) in [5, 5.41) is 7.12. The standard InChI is InChI=1S/C18H20N2O3S.C2HF3O2/c1-12-7-8-15(24-12)18(21)20-11-14(17-13(20)5-4-10-22-17)23-16-6-2-3-9-19-16;3-2(4,5)1(6)7/h2-3,6-9,13-14,17H,4-5,10-11H2,1H3;(H,6,7)/t13-,14+,17+;/m1./s1. The summed E-state index contributed by atoms with van der Waals surface area (Å²) >= 11 is 1.54. The second-order valence-electron chi connectivity index (χ2n) is 7.04. The molecule has 2 aromatic heterocycles. The quantitative estimate of drug-likeness (QED) is 0.757. The van der Waals surface area contributed by atoms with Crippen molar-refractivity contribution in [2.75, 3.05) is 13.2 Å². The SMILES string of the molecule is Cc1ccc(C(=O)N2C[C@H](Oc3ccccn3)[C@H]3OCCC[C@H]32)s1.O=C(O)C(F)(F)F. The van der Waals surface area contributed by atoms with Crippen LogP contribution in [0.25, 0.3) is 0 Å². The van der Waals surface area contributed by atoms with Gasteiger partial charge in [-0.15, -0.1) is 11.3 Å². The molecule has 4 rings (SSSR count). The average Bonchev–Trinajstić information content (AvgIpc) is 3.32. The molecule has 7 nitrogen and oxygen atoms in total. The van der Waals surface area contributed by atoms with Crippen molar-refractivity contribution in [1.29, 1.82) is 0 Å². The smallest absolute Gasteiger partial charge is 0.475 e. The zero-order chi connectivity index (χ0) is 22.6. The summed E-state index contributed by atoms with van der Waals surface area (Å²) in [5.74, 6) is -2.09. The van der Waals surface area contributed by atoms with Crippen molar-refractivity contribution < 1.29 is 37.3 Å². The van der Waals surface area contributed by atoms with Crippen LogP contribution in [0, 0.1) is 6.92 Å². The number of likely N-dealkylation sites (tertiary alicyclic amines) is 1. The molecule has 11 heteroatoms. The van der Waals surface area contributed by atoms with Crippen LogP contribution in [-0.2, 0) is 9.53 Å². The second-order valence-corrected chi connectivity index (χ2v) is 8.33. The highest BCUT2D eigenvalue weighted by Crippen LogP contribution is 2.33. The Labute approximate surface area is 180 Å². The number of hydrogen-bond acceptors (Lipinski definition) is 6. The molecule has 168 valence electrons. The van der Waals surface area contributed by atoms with E-state index in [1.165, 1.54) is 0 Å². The molecule has 2 fully saturated rings. The lowest BCUT2D eigenvalue weighted by Crippen LogP contribution is -2.44. The van der Waals surface area contributed by atoms with Crippen LogP contribution in [0.2, 0.25) is 0 Å². The van der Waals surface area contributed by atoms with Gasteiger partial charge in [0.1, 0.15) is 12.2 Å². The Bertz CT molecular complexity index is 906. The Morgan fingerprint density at radius 2 is 2.03 bits per heavy atom. The zero-order valence-corrected chi connectivity index (χ0v) is 17.4. The van der Waals surface area contributed by atoms with Gasteiger partial charge in [-0.3, -0.25) is 4.79 Å². The highest BCUT2D eigenvalue weighted by Gasteiger charge is 2.47. The third-order valence-corrected chi connectivity index (χ3v) is 5.83. The Morgan fingerprint density at radius 3 is 2.61 bits per heavy atom. The molecule has 31 heavy (non-hydrogen) atoms. The van der Waals surface area contributed by atoms with Crippen molar-refractivity contribution in [1.82, 2.24) is 9.88 Å². The highest BCUT2D eigenvalue weighted by atomic mass is 32.1. The maximum absolute atomic E-state index is 12.9. The summed E-state index contributed by atoms with van der Waals surface area (Å²) in [5.41, 5.74) is 0. The topological polar surface area (TPSA) is 89.0 Å². The molecule has 2 aromatic rings. The number of carboxylic acids is 1. The minimum atomic E-state index is -5.08. The van der Waals surface area contributed by atoms with Gasteiger partial charge in [0.05, 0.1) is 17.5 Å². The fourth-order valence-corrected chi connectivity index (χ4v) is 4.33. The third kappa shape index (κ3) is 5.73. The number of halogens is 3. The number of aryl methyl sites for hydroxylation is 1. The summed E-state index contributed by atoms with van der Waals surface area (Å²) in [4.78, 5) is 29.9. The lowest BCUT2D eigenvalue weighted by atomic mass is 10.0. The number of aromatic nitrogens is 1. The predicted octanol–water partition coefficient (Wildman–Crippen LogP) is 3.54. The number of rotatable bonds is 3. The van der Waals surface area contributed by atoms with Gasteiger partial charge in [0, 0.05) is 23.7 Å². The van der Waals surface area contributed by atoms with E-state index in [9.17, 15) is 18.0 Å². The Morgan fingerprint density at radius 1 is 1.29 bits per heavy atom. The van der Waals surface area contributed by atoms with E-state index in [2.05, 4.69) is 4.98 Å². The van der Waals surface area contributed by atoms with Crippen LogP contribution in [0.15, 0.2) is 36.5 Å². The van der Waals surface area contributed by atoms with Gasteiger partial charge in [0.25, 0.3) is 5.91 Å². The molecule has 2 aliphatic rings. The Hall–Kier alpha value is -2.66. The first-order valence-electron chi connectivity index (χ1n) is 9.53.